The van der Waals surface area contributed by atoms with E-state index in [4.69, 9.17) is 0 Å². The van der Waals surface area contributed by atoms with Crippen LogP contribution in [-0.2, 0) is 13.1 Å². The van der Waals surface area contributed by atoms with Crippen molar-refractivity contribution in [1.29, 1.82) is 0 Å². The molecule has 0 spiro atoms. The number of pyridine rings is 1. The van der Waals surface area contributed by atoms with Crippen LogP contribution in [0.2, 0.25) is 0 Å². The molecule has 0 bridgehead atoms. The Bertz CT molecular complexity index is 938. The Hall–Kier alpha value is -2.50. The lowest BCUT2D eigenvalue weighted by Gasteiger charge is -2.18. The lowest BCUT2D eigenvalue weighted by atomic mass is 10.1. The van der Waals surface area contributed by atoms with E-state index in [1.807, 2.05) is 24.0 Å². The zero-order chi connectivity index (χ0) is 16.4. The number of benzene rings is 1. The van der Waals surface area contributed by atoms with Gasteiger partial charge in [0.15, 0.2) is 5.13 Å². The normalized spacial score (nSPS) is 11.4. The molecule has 0 fully saturated rings. The topological polar surface area (TPSA) is 34.0 Å². The largest absolute Gasteiger partial charge is 0.296 e. The monoisotopic (exact) mass is 334 g/mol. The molecule has 120 valence electrons. The Morgan fingerprint density at radius 2 is 2.04 bits per heavy atom. The molecule has 3 heterocycles. The number of hydrogen-bond donors (Lipinski definition) is 0. The van der Waals surface area contributed by atoms with Crippen molar-refractivity contribution in [2.45, 2.75) is 13.1 Å². The van der Waals surface area contributed by atoms with Crippen molar-refractivity contribution in [2.75, 3.05) is 7.05 Å². The van der Waals surface area contributed by atoms with Gasteiger partial charge < -0.3 is 0 Å². The van der Waals surface area contributed by atoms with Gasteiger partial charge in [0.05, 0.1) is 0 Å². The molecule has 4 rings (SSSR count). The maximum absolute atomic E-state index is 4.41. The molecular weight excluding hydrogens is 316 g/mol. The van der Waals surface area contributed by atoms with Crippen LogP contribution in [0.15, 0.2) is 66.6 Å². The average molecular weight is 334 g/mol. The second-order valence-corrected chi connectivity index (χ2v) is 6.74. The summed E-state index contributed by atoms with van der Waals surface area (Å²) in [5.74, 6) is 0. The van der Waals surface area contributed by atoms with Gasteiger partial charge in [-0.3, -0.25) is 14.5 Å². The van der Waals surface area contributed by atoms with E-state index in [9.17, 15) is 0 Å². The predicted octanol–water partition coefficient (Wildman–Crippen LogP) is 4.11. The molecule has 3 aromatic heterocycles. The summed E-state index contributed by atoms with van der Waals surface area (Å²) in [7, 11) is 2.15. The van der Waals surface area contributed by atoms with E-state index in [1.54, 1.807) is 11.3 Å². The zero-order valence-electron chi connectivity index (χ0n) is 13.5. The molecule has 1 aromatic carbocycles. The molecule has 0 saturated carbocycles. The first kappa shape index (κ1) is 15.1. The summed E-state index contributed by atoms with van der Waals surface area (Å²) < 4.78 is 2.16. The molecule has 4 nitrogen and oxygen atoms in total. The van der Waals surface area contributed by atoms with Gasteiger partial charge in [0.1, 0.15) is 0 Å². The summed E-state index contributed by atoms with van der Waals surface area (Å²) in [5.41, 5.74) is 2.57. The molecule has 0 unspecified atom stereocenters. The highest BCUT2D eigenvalue weighted by Gasteiger charge is 2.10. The van der Waals surface area contributed by atoms with E-state index >= 15 is 0 Å². The molecular formula is C19H18N4S. The Balaban J connectivity index is 1.55. The molecule has 0 N–H and O–H groups in total. The van der Waals surface area contributed by atoms with Crippen LogP contribution in [0.3, 0.4) is 0 Å². The van der Waals surface area contributed by atoms with Crippen molar-refractivity contribution in [1.82, 2.24) is 19.4 Å². The third kappa shape index (κ3) is 2.96. The maximum atomic E-state index is 4.41. The van der Waals surface area contributed by atoms with Crippen LogP contribution in [0, 0.1) is 0 Å². The van der Waals surface area contributed by atoms with Gasteiger partial charge in [0.2, 0.25) is 0 Å². The molecule has 0 atom stereocenters. The zero-order valence-corrected chi connectivity index (χ0v) is 14.3. The van der Waals surface area contributed by atoms with Gasteiger partial charge in [-0.05, 0) is 36.2 Å². The highest BCUT2D eigenvalue weighted by molar-refractivity contribution is 7.12. The number of hydrogen-bond acceptors (Lipinski definition) is 4. The minimum Gasteiger partial charge on any atom is -0.296 e. The van der Waals surface area contributed by atoms with Crippen LogP contribution in [-0.4, -0.2) is 26.5 Å². The highest BCUT2D eigenvalue weighted by Crippen LogP contribution is 2.20. The molecule has 0 radical (unpaired) electrons. The van der Waals surface area contributed by atoms with Crippen LogP contribution in [0.25, 0.3) is 15.9 Å². The third-order valence-electron chi connectivity index (χ3n) is 4.10. The van der Waals surface area contributed by atoms with Crippen LogP contribution in [0.5, 0.6) is 0 Å². The van der Waals surface area contributed by atoms with Gasteiger partial charge in [-0.15, -0.1) is 11.3 Å². The van der Waals surface area contributed by atoms with Crippen molar-refractivity contribution in [3.05, 3.63) is 77.8 Å². The Kier molecular flexibility index (Phi) is 4.11. The summed E-state index contributed by atoms with van der Waals surface area (Å²) in [6, 6.07) is 12.7. The molecule has 0 amide bonds. The first-order valence-electron chi connectivity index (χ1n) is 7.87. The summed E-state index contributed by atoms with van der Waals surface area (Å²) in [4.78, 5) is 10.9. The van der Waals surface area contributed by atoms with Gasteiger partial charge >= 0.3 is 0 Å². The smallest absolute Gasteiger partial charge is 0.193 e. The van der Waals surface area contributed by atoms with Gasteiger partial charge in [0, 0.05) is 54.3 Å². The first-order chi connectivity index (χ1) is 11.8. The first-order valence-corrected chi connectivity index (χ1v) is 8.75. The number of thiazole rings is 1. The molecule has 4 aromatic rings. The summed E-state index contributed by atoms with van der Waals surface area (Å²) >= 11 is 1.65. The second-order valence-electron chi connectivity index (χ2n) is 5.87. The minimum absolute atomic E-state index is 0.869. The summed E-state index contributed by atoms with van der Waals surface area (Å²) in [6.07, 6.45) is 7.70. The number of aromatic nitrogens is 3. The van der Waals surface area contributed by atoms with Gasteiger partial charge in [-0.25, -0.2) is 4.98 Å². The number of nitrogens with zero attached hydrogens (tertiary/aromatic N) is 4. The Morgan fingerprint density at radius 1 is 1.08 bits per heavy atom. The van der Waals surface area contributed by atoms with E-state index in [0.717, 1.165) is 18.2 Å². The standard InChI is InChI=1S/C19H18N4S/c1-22(13-16-5-2-4-15-12-20-8-7-18(15)16)14-17-6-3-10-23(17)19-21-9-11-24-19/h2-12H,13-14H2,1H3. The van der Waals surface area contributed by atoms with Gasteiger partial charge in [-0.2, -0.15) is 0 Å². The number of fused-ring (bicyclic) bond motifs is 1. The van der Waals surface area contributed by atoms with Crippen molar-refractivity contribution in [2.24, 2.45) is 0 Å². The fraction of sp³-hybridized carbons (Fsp3) is 0.158. The van der Waals surface area contributed by atoms with E-state index < -0.39 is 0 Å². The van der Waals surface area contributed by atoms with Crippen molar-refractivity contribution in [3.8, 4) is 5.13 Å². The fourth-order valence-electron chi connectivity index (χ4n) is 3.02. The number of rotatable bonds is 5. The molecule has 0 aliphatic heterocycles. The molecule has 24 heavy (non-hydrogen) atoms. The average Bonchev–Trinajstić information content (AvgIpc) is 3.26. The second kappa shape index (κ2) is 6.55. The van der Waals surface area contributed by atoms with E-state index in [-0.39, 0.29) is 0 Å². The molecule has 5 heteroatoms. The third-order valence-corrected chi connectivity index (χ3v) is 4.87. The lowest BCUT2D eigenvalue weighted by Crippen LogP contribution is -2.19. The quantitative estimate of drug-likeness (QED) is 0.551. The molecule has 0 aliphatic rings. The maximum Gasteiger partial charge on any atom is 0.193 e. The molecule has 0 aliphatic carbocycles. The van der Waals surface area contributed by atoms with Crippen LogP contribution in [0.1, 0.15) is 11.3 Å². The van der Waals surface area contributed by atoms with Gasteiger partial charge in [0.25, 0.3) is 0 Å². The van der Waals surface area contributed by atoms with E-state index in [0.29, 0.717) is 0 Å². The fourth-order valence-corrected chi connectivity index (χ4v) is 3.67. The lowest BCUT2D eigenvalue weighted by molar-refractivity contribution is 0.314. The van der Waals surface area contributed by atoms with Crippen molar-refractivity contribution in [3.63, 3.8) is 0 Å². The van der Waals surface area contributed by atoms with Crippen LogP contribution < -0.4 is 0 Å². The predicted molar refractivity (Wildman–Crippen MR) is 98.4 cm³/mol. The van der Waals surface area contributed by atoms with E-state index in [1.165, 1.54) is 22.0 Å². The SMILES string of the molecule is CN(Cc1cccc2cnccc12)Cc1cccn1-c1nccs1. The van der Waals surface area contributed by atoms with E-state index in [2.05, 4.69) is 69.1 Å². The van der Waals surface area contributed by atoms with Gasteiger partial charge in [-0.1, -0.05) is 18.2 Å². The molecule has 0 saturated heterocycles. The van der Waals surface area contributed by atoms with Crippen LogP contribution >= 0.6 is 11.3 Å². The minimum atomic E-state index is 0.869. The highest BCUT2D eigenvalue weighted by atomic mass is 32.1. The van der Waals surface area contributed by atoms with Crippen LogP contribution in [0.4, 0.5) is 0 Å². The van der Waals surface area contributed by atoms with Crippen molar-refractivity contribution < 1.29 is 0 Å². The Labute approximate surface area is 145 Å². The Morgan fingerprint density at radius 3 is 2.92 bits per heavy atom. The summed E-state index contributed by atoms with van der Waals surface area (Å²) in [5, 5.41) is 5.48. The summed E-state index contributed by atoms with van der Waals surface area (Å²) in [6.45, 7) is 1.76. The van der Waals surface area contributed by atoms with Crippen molar-refractivity contribution >= 4 is 22.1 Å².